The first-order valence-electron chi connectivity index (χ1n) is 7.62. The normalized spacial score (nSPS) is 15.5. The van der Waals surface area contributed by atoms with Crippen molar-refractivity contribution in [3.05, 3.63) is 33.1 Å². The molecular weight excluding hydrogens is 422 g/mol. The lowest BCUT2D eigenvalue weighted by Crippen LogP contribution is -2.35. The van der Waals surface area contributed by atoms with Gasteiger partial charge in [0.1, 0.15) is 18.9 Å². The van der Waals surface area contributed by atoms with Crippen LogP contribution in [0.25, 0.3) is 6.08 Å². The summed E-state index contributed by atoms with van der Waals surface area (Å²) < 4.78 is 11.0. The summed E-state index contributed by atoms with van der Waals surface area (Å²) in [5, 5.41) is -0.505. The molecule has 1 aromatic carbocycles. The molecule has 26 heavy (non-hydrogen) atoms. The van der Waals surface area contributed by atoms with Gasteiger partial charge in [-0.15, -0.1) is 6.42 Å². The van der Waals surface area contributed by atoms with E-state index in [1.54, 1.807) is 38.1 Å². The van der Waals surface area contributed by atoms with Crippen LogP contribution in [-0.4, -0.2) is 41.3 Å². The van der Waals surface area contributed by atoms with E-state index >= 15 is 0 Å². The lowest BCUT2D eigenvalue weighted by atomic mass is 10.2. The zero-order valence-corrected chi connectivity index (χ0v) is 16.6. The van der Waals surface area contributed by atoms with Crippen LogP contribution in [0.1, 0.15) is 19.4 Å². The van der Waals surface area contributed by atoms with Crippen molar-refractivity contribution in [3.63, 3.8) is 0 Å². The van der Waals surface area contributed by atoms with Crippen LogP contribution in [0, 0.1) is 12.3 Å². The van der Waals surface area contributed by atoms with Gasteiger partial charge in [0, 0.05) is 0 Å². The average Bonchev–Trinajstić information content (AvgIpc) is 2.81. The number of carbonyl (C=O) groups is 3. The van der Waals surface area contributed by atoms with Gasteiger partial charge in [-0.05, 0) is 65.3 Å². The molecule has 0 bridgehead atoms. The SMILES string of the molecule is C#CCOc1ccc(/C=C2/SC(=O)N(CC(=O)OC(C)C)C2=O)cc1Br. The van der Waals surface area contributed by atoms with E-state index in [9.17, 15) is 14.4 Å². The molecule has 0 spiro atoms. The Kier molecular flexibility index (Phi) is 6.89. The van der Waals surface area contributed by atoms with Crippen molar-refractivity contribution >= 4 is 50.9 Å². The van der Waals surface area contributed by atoms with E-state index < -0.39 is 23.7 Å². The molecule has 0 aromatic heterocycles. The summed E-state index contributed by atoms with van der Waals surface area (Å²) in [6, 6.07) is 5.18. The van der Waals surface area contributed by atoms with Crippen LogP contribution in [0.5, 0.6) is 5.75 Å². The number of ether oxygens (including phenoxy) is 2. The maximum absolute atomic E-state index is 12.4. The number of hydrogen-bond donors (Lipinski definition) is 0. The van der Waals surface area contributed by atoms with Gasteiger partial charge in [-0.25, -0.2) is 0 Å². The largest absolute Gasteiger partial charge is 0.480 e. The van der Waals surface area contributed by atoms with E-state index in [0.29, 0.717) is 15.8 Å². The zero-order valence-electron chi connectivity index (χ0n) is 14.2. The second-order valence-electron chi connectivity index (χ2n) is 5.49. The van der Waals surface area contributed by atoms with E-state index in [0.717, 1.165) is 16.7 Å². The predicted molar refractivity (Wildman–Crippen MR) is 102 cm³/mol. The Balaban J connectivity index is 2.13. The quantitative estimate of drug-likeness (QED) is 0.385. The molecule has 1 aliphatic rings. The summed E-state index contributed by atoms with van der Waals surface area (Å²) in [4.78, 5) is 37.2. The molecule has 0 atom stereocenters. The molecule has 8 heteroatoms. The molecule has 1 heterocycles. The number of imide groups is 1. The monoisotopic (exact) mass is 437 g/mol. The molecule has 1 aliphatic heterocycles. The van der Waals surface area contributed by atoms with Crippen molar-refractivity contribution in [1.82, 2.24) is 4.90 Å². The standard InChI is InChI=1S/C18H16BrNO5S/c1-4-7-24-14-6-5-12(8-13(14)19)9-15-17(22)20(18(23)26-15)10-16(21)25-11(2)3/h1,5-6,8-9,11H,7,10H2,2-3H3/b15-9+. The molecule has 1 aromatic rings. The number of rotatable bonds is 6. The molecule has 0 saturated carbocycles. The Labute approximate surface area is 164 Å². The fraction of sp³-hybridized carbons (Fsp3) is 0.278. The molecule has 0 aliphatic carbocycles. The first kappa shape index (κ1) is 20.1. The highest BCUT2D eigenvalue weighted by Gasteiger charge is 2.36. The maximum Gasteiger partial charge on any atom is 0.326 e. The Morgan fingerprint density at radius 2 is 2.15 bits per heavy atom. The molecule has 2 rings (SSSR count). The van der Waals surface area contributed by atoms with Gasteiger partial charge in [-0.3, -0.25) is 19.3 Å². The summed E-state index contributed by atoms with van der Waals surface area (Å²) in [6.07, 6.45) is 6.42. The fourth-order valence-corrected chi connectivity index (χ4v) is 3.41. The van der Waals surface area contributed by atoms with E-state index in [2.05, 4.69) is 21.9 Å². The summed E-state index contributed by atoms with van der Waals surface area (Å²) in [5.41, 5.74) is 0.695. The van der Waals surface area contributed by atoms with Crippen LogP contribution < -0.4 is 4.74 Å². The second kappa shape index (κ2) is 8.92. The summed E-state index contributed by atoms with van der Waals surface area (Å²) in [7, 11) is 0. The van der Waals surface area contributed by atoms with Crippen molar-refractivity contribution in [2.45, 2.75) is 20.0 Å². The number of nitrogens with zero attached hydrogens (tertiary/aromatic N) is 1. The first-order chi connectivity index (χ1) is 12.3. The molecule has 6 nitrogen and oxygen atoms in total. The van der Waals surface area contributed by atoms with Gasteiger partial charge >= 0.3 is 5.97 Å². The minimum absolute atomic E-state index is 0.142. The van der Waals surface area contributed by atoms with Crippen LogP contribution in [0.3, 0.4) is 0 Å². The smallest absolute Gasteiger partial charge is 0.326 e. The van der Waals surface area contributed by atoms with E-state index in [1.807, 2.05) is 0 Å². The van der Waals surface area contributed by atoms with Crippen LogP contribution in [0.4, 0.5) is 4.79 Å². The molecule has 0 unspecified atom stereocenters. The van der Waals surface area contributed by atoms with Gasteiger partial charge in [-0.1, -0.05) is 12.0 Å². The van der Waals surface area contributed by atoms with Crippen molar-refractivity contribution in [3.8, 4) is 18.1 Å². The fourth-order valence-electron chi connectivity index (χ4n) is 2.06. The second-order valence-corrected chi connectivity index (χ2v) is 7.34. The Hall–Kier alpha value is -2.24. The summed E-state index contributed by atoms with van der Waals surface area (Å²) in [6.45, 7) is 3.13. The number of amides is 2. The van der Waals surface area contributed by atoms with Gasteiger partial charge in [0.05, 0.1) is 15.5 Å². The highest BCUT2D eigenvalue weighted by atomic mass is 79.9. The third-order valence-corrected chi connectivity index (χ3v) is 4.62. The third kappa shape index (κ3) is 5.13. The number of terminal acetylenes is 1. The van der Waals surface area contributed by atoms with E-state index in [1.165, 1.54) is 0 Å². The molecule has 1 fully saturated rings. The summed E-state index contributed by atoms with van der Waals surface area (Å²) >= 11 is 4.15. The van der Waals surface area contributed by atoms with Gasteiger partial charge in [0.2, 0.25) is 0 Å². The number of carbonyl (C=O) groups excluding carboxylic acids is 3. The molecule has 2 amide bonds. The zero-order chi connectivity index (χ0) is 19.3. The number of thioether (sulfide) groups is 1. The Morgan fingerprint density at radius 3 is 2.77 bits per heavy atom. The van der Waals surface area contributed by atoms with E-state index in [4.69, 9.17) is 15.9 Å². The lowest BCUT2D eigenvalue weighted by Gasteiger charge is -2.13. The topological polar surface area (TPSA) is 72.9 Å². The van der Waals surface area contributed by atoms with Gasteiger partial charge < -0.3 is 9.47 Å². The van der Waals surface area contributed by atoms with Gasteiger partial charge in [-0.2, -0.15) is 0 Å². The van der Waals surface area contributed by atoms with Gasteiger partial charge in [0.15, 0.2) is 0 Å². The lowest BCUT2D eigenvalue weighted by molar-refractivity contribution is -0.149. The molecule has 1 saturated heterocycles. The predicted octanol–water partition coefficient (Wildman–Crippen LogP) is 3.45. The minimum atomic E-state index is -0.624. The summed E-state index contributed by atoms with van der Waals surface area (Å²) in [5.74, 6) is 1.80. The van der Waals surface area contributed by atoms with Crippen molar-refractivity contribution in [1.29, 1.82) is 0 Å². The van der Waals surface area contributed by atoms with E-state index in [-0.39, 0.29) is 17.6 Å². The maximum atomic E-state index is 12.4. The molecule has 0 radical (unpaired) electrons. The van der Waals surface area contributed by atoms with Crippen molar-refractivity contribution < 1.29 is 23.9 Å². The highest BCUT2D eigenvalue weighted by molar-refractivity contribution is 9.10. The molecule has 0 N–H and O–H groups in total. The Morgan fingerprint density at radius 1 is 1.42 bits per heavy atom. The average molecular weight is 438 g/mol. The highest BCUT2D eigenvalue weighted by Crippen LogP contribution is 2.33. The minimum Gasteiger partial charge on any atom is -0.480 e. The van der Waals surface area contributed by atoms with Gasteiger partial charge in [0.25, 0.3) is 11.1 Å². The number of hydrogen-bond acceptors (Lipinski definition) is 6. The van der Waals surface area contributed by atoms with Crippen molar-refractivity contribution in [2.75, 3.05) is 13.2 Å². The first-order valence-corrected chi connectivity index (χ1v) is 9.23. The van der Waals surface area contributed by atoms with Crippen LogP contribution in [0.15, 0.2) is 27.6 Å². The molecular formula is C18H16BrNO5S. The number of halogens is 1. The Bertz CT molecular complexity index is 812. The number of esters is 1. The molecule has 136 valence electrons. The van der Waals surface area contributed by atoms with Crippen LogP contribution >= 0.6 is 27.7 Å². The van der Waals surface area contributed by atoms with Crippen LogP contribution in [0.2, 0.25) is 0 Å². The number of benzene rings is 1. The van der Waals surface area contributed by atoms with Crippen molar-refractivity contribution in [2.24, 2.45) is 0 Å². The third-order valence-electron chi connectivity index (χ3n) is 3.09. The van der Waals surface area contributed by atoms with Crippen LogP contribution in [-0.2, 0) is 14.3 Å².